The zero-order valence-corrected chi connectivity index (χ0v) is 10.7. The molecule has 0 aromatic carbocycles. The van der Waals surface area contributed by atoms with Crippen LogP contribution in [-0.4, -0.2) is 47.7 Å². The van der Waals surface area contributed by atoms with Gasteiger partial charge in [0.1, 0.15) is 11.4 Å². The summed E-state index contributed by atoms with van der Waals surface area (Å²) in [5, 5.41) is 20.9. The van der Waals surface area contributed by atoms with Crippen molar-refractivity contribution in [1.29, 1.82) is 0 Å². The van der Waals surface area contributed by atoms with Gasteiger partial charge in [-0.1, -0.05) is 13.0 Å². The van der Waals surface area contributed by atoms with E-state index < -0.39 is 19.0 Å². The second-order valence-corrected chi connectivity index (χ2v) is 3.76. The van der Waals surface area contributed by atoms with Gasteiger partial charge in [0.15, 0.2) is 0 Å². The number of aromatic nitrogens is 1. The van der Waals surface area contributed by atoms with Crippen LogP contribution in [0.3, 0.4) is 0 Å². The molecule has 0 spiro atoms. The summed E-state index contributed by atoms with van der Waals surface area (Å²) < 4.78 is 4.49. The van der Waals surface area contributed by atoms with Gasteiger partial charge in [-0.25, -0.2) is 9.78 Å². The summed E-state index contributed by atoms with van der Waals surface area (Å²) >= 11 is 0. The molecule has 0 atom stereocenters. The number of rotatable bonds is 5. The minimum absolute atomic E-state index is 0.0123. The molecule has 0 bridgehead atoms. The highest BCUT2D eigenvalue weighted by atomic mass is 16.5. The standard InChI is InChI=1S/C11H15BN2O5/c1-3-6-13-10(15)8-5-4-7(12(17)18)9(14-8)11(16)19-2/h4-5,17-18H,3,6H2,1-2H3,(H,13,15). The van der Waals surface area contributed by atoms with Crippen LogP contribution in [0.1, 0.15) is 34.3 Å². The van der Waals surface area contributed by atoms with Crippen molar-refractivity contribution in [2.45, 2.75) is 13.3 Å². The molecule has 3 N–H and O–H groups in total. The average Bonchev–Trinajstić information content (AvgIpc) is 2.42. The van der Waals surface area contributed by atoms with E-state index in [1.165, 1.54) is 12.1 Å². The zero-order chi connectivity index (χ0) is 14.4. The molecule has 0 radical (unpaired) electrons. The monoisotopic (exact) mass is 266 g/mol. The number of carbonyl (C=O) groups is 2. The lowest BCUT2D eigenvalue weighted by Gasteiger charge is -2.08. The van der Waals surface area contributed by atoms with Crippen LogP contribution in [0.2, 0.25) is 0 Å². The summed E-state index contributed by atoms with van der Waals surface area (Å²) in [6.45, 7) is 2.39. The molecular weight excluding hydrogens is 251 g/mol. The Morgan fingerprint density at radius 2 is 2.11 bits per heavy atom. The number of esters is 1. The second kappa shape index (κ2) is 6.86. The van der Waals surface area contributed by atoms with Gasteiger partial charge in [0.2, 0.25) is 0 Å². The maximum Gasteiger partial charge on any atom is 0.490 e. The molecule has 0 aliphatic carbocycles. The molecule has 0 aliphatic rings. The quantitative estimate of drug-likeness (QED) is 0.451. The van der Waals surface area contributed by atoms with Crippen molar-refractivity contribution in [3.63, 3.8) is 0 Å². The van der Waals surface area contributed by atoms with E-state index in [9.17, 15) is 9.59 Å². The molecular formula is C11H15BN2O5. The third kappa shape index (κ3) is 3.77. The van der Waals surface area contributed by atoms with E-state index in [4.69, 9.17) is 10.0 Å². The fourth-order valence-corrected chi connectivity index (χ4v) is 1.39. The van der Waals surface area contributed by atoms with Gasteiger partial charge < -0.3 is 20.1 Å². The van der Waals surface area contributed by atoms with Gasteiger partial charge in [0.25, 0.3) is 5.91 Å². The minimum atomic E-state index is -1.87. The number of pyridine rings is 1. The lowest BCUT2D eigenvalue weighted by molar-refractivity contribution is 0.0595. The molecule has 7 nitrogen and oxygen atoms in total. The summed E-state index contributed by atoms with van der Waals surface area (Å²) in [5.41, 5.74) is -0.390. The molecule has 19 heavy (non-hydrogen) atoms. The summed E-state index contributed by atoms with van der Waals surface area (Å²) in [6, 6.07) is 2.57. The highest BCUT2D eigenvalue weighted by Crippen LogP contribution is 2.01. The number of methoxy groups -OCH3 is 1. The molecule has 102 valence electrons. The first-order chi connectivity index (χ1) is 9.01. The Hall–Kier alpha value is -1.93. The van der Waals surface area contributed by atoms with E-state index in [-0.39, 0.29) is 16.9 Å². The fraction of sp³-hybridized carbons (Fsp3) is 0.364. The van der Waals surface area contributed by atoms with E-state index in [0.717, 1.165) is 13.5 Å². The van der Waals surface area contributed by atoms with Gasteiger partial charge in [0, 0.05) is 12.0 Å². The summed E-state index contributed by atoms with van der Waals surface area (Å²) in [6.07, 6.45) is 0.767. The van der Waals surface area contributed by atoms with Crippen LogP contribution in [0.5, 0.6) is 0 Å². The van der Waals surface area contributed by atoms with Gasteiger partial charge >= 0.3 is 13.1 Å². The number of ether oxygens (including phenoxy) is 1. The molecule has 8 heteroatoms. The number of nitrogens with zero attached hydrogens (tertiary/aromatic N) is 1. The molecule has 0 saturated carbocycles. The number of nitrogens with one attached hydrogen (secondary N) is 1. The largest absolute Gasteiger partial charge is 0.490 e. The van der Waals surface area contributed by atoms with Crippen molar-refractivity contribution in [3.8, 4) is 0 Å². The van der Waals surface area contributed by atoms with E-state index in [2.05, 4.69) is 15.0 Å². The number of hydrogen-bond acceptors (Lipinski definition) is 6. The summed E-state index contributed by atoms with van der Waals surface area (Å²) in [5.74, 6) is -1.28. The third-order valence-electron chi connectivity index (χ3n) is 2.35. The van der Waals surface area contributed by atoms with Crippen LogP contribution in [0, 0.1) is 0 Å². The van der Waals surface area contributed by atoms with Crippen LogP contribution in [-0.2, 0) is 4.74 Å². The van der Waals surface area contributed by atoms with E-state index in [1.54, 1.807) is 0 Å². The predicted molar refractivity (Wildman–Crippen MR) is 68.0 cm³/mol. The van der Waals surface area contributed by atoms with E-state index >= 15 is 0 Å². The number of amides is 1. The number of carbonyl (C=O) groups excluding carboxylic acids is 2. The molecule has 0 unspecified atom stereocenters. The summed E-state index contributed by atoms with van der Waals surface area (Å²) in [7, 11) is -0.726. The summed E-state index contributed by atoms with van der Waals surface area (Å²) in [4.78, 5) is 27.0. The average molecular weight is 266 g/mol. The first kappa shape index (κ1) is 15.1. The van der Waals surface area contributed by atoms with Crippen molar-refractivity contribution >= 4 is 24.5 Å². The smallest absolute Gasteiger partial charge is 0.464 e. The van der Waals surface area contributed by atoms with Crippen LogP contribution >= 0.6 is 0 Å². The highest BCUT2D eigenvalue weighted by molar-refractivity contribution is 6.60. The van der Waals surface area contributed by atoms with Crippen LogP contribution in [0.4, 0.5) is 0 Å². The Labute approximate surface area is 110 Å². The Morgan fingerprint density at radius 3 is 2.63 bits per heavy atom. The maximum absolute atomic E-state index is 11.7. The van der Waals surface area contributed by atoms with E-state index in [1.807, 2.05) is 6.92 Å². The highest BCUT2D eigenvalue weighted by Gasteiger charge is 2.24. The van der Waals surface area contributed by atoms with Crippen LogP contribution in [0.25, 0.3) is 0 Å². The molecule has 1 amide bonds. The van der Waals surface area contributed by atoms with Crippen molar-refractivity contribution in [2.75, 3.05) is 13.7 Å². The molecule has 1 heterocycles. The molecule has 1 rings (SSSR count). The number of hydrogen-bond donors (Lipinski definition) is 3. The predicted octanol–water partition coefficient (Wildman–Crippen LogP) is -1.31. The Kier molecular flexibility index (Phi) is 5.46. The zero-order valence-electron chi connectivity index (χ0n) is 10.7. The molecule has 0 saturated heterocycles. The normalized spacial score (nSPS) is 9.89. The van der Waals surface area contributed by atoms with Gasteiger partial charge in [-0.3, -0.25) is 4.79 Å². The minimum Gasteiger partial charge on any atom is -0.464 e. The lowest BCUT2D eigenvalue weighted by atomic mass is 9.79. The van der Waals surface area contributed by atoms with Crippen LogP contribution < -0.4 is 10.8 Å². The van der Waals surface area contributed by atoms with Crippen molar-refractivity contribution in [3.05, 3.63) is 23.5 Å². The van der Waals surface area contributed by atoms with Crippen molar-refractivity contribution in [2.24, 2.45) is 0 Å². The van der Waals surface area contributed by atoms with Gasteiger partial charge in [0.05, 0.1) is 7.11 Å². The van der Waals surface area contributed by atoms with Crippen molar-refractivity contribution in [1.82, 2.24) is 10.3 Å². The molecule has 1 aromatic rings. The van der Waals surface area contributed by atoms with Crippen LogP contribution in [0.15, 0.2) is 12.1 Å². The van der Waals surface area contributed by atoms with Gasteiger partial charge in [-0.2, -0.15) is 0 Å². The Morgan fingerprint density at radius 1 is 1.42 bits per heavy atom. The SMILES string of the molecule is CCCNC(=O)c1ccc(B(O)O)c(C(=O)OC)n1. The first-order valence-corrected chi connectivity index (χ1v) is 5.74. The van der Waals surface area contributed by atoms with E-state index in [0.29, 0.717) is 6.54 Å². The van der Waals surface area contributed by atoms with Crippen molar-refractivity contribution < 1.29 is 24.4 Å². The van der Waals surface area contributed by atoms with Gasteiger partial charge in [-0.15, -0.1) is 0 Å². The Bertz CT molecular complexity index is 478. The topological polar surface area (TPSA) is 109 Å². The lowest BCUT2D eigenvalue weighted by Crippen LogP contribution is -2.37. The third-order valence-corrected chi connectivity index (χ3v) is 2.35. The second-order valence-electron chi connectivity index (χ2n) is 3.76. The first-order valence-electron chi connectivity index (χ1n) is 5.74. The van der Waals surface area contributed by atoms with Gasteiger partial charge in [-0.05, 0) is 12.5 Å². The fourth-order valence-electron chi connectivity index (χ4n) is 1.39. The molecule has 0 fully saturated rings. The molecule has 1 aromatic heterocycles. The molecule has 0 aliphatic heterocycles. The Balaban J connectivity index is 3.11. The maximum atomic E-state index is 11.7.